The average molecular weight is 359 g/mol. The quantitative estimate of drug-likeness (QED) is 0.487. The first-order chi connectivity index (χ1) is 11.9. The number of ether oxygens (including phenoxy) is 1. The van der Waals surface area contributed by atoms with Gasteiger partial charge in [-0.2, -0.15) is 0 Å². The summed E-state index contributed by atoms with van der Waals surface area (Å²) in [6.45, 7) is 1.71. The number of aryl methyl sites for hydroxylation is 1. The lowest BCUT2D eigenvalue weighted by molar-refractivity contribution is -0.121. The Bertz CT molecular complexity index is 778. The van der Waals surface area contributed by atoms with Crippen molar-refractivity contribution >= 4 is 29.1 Å². The van der Waals surface area contributed by atoms with E-state index in [-0.39, 0.29) is 17.5 Å². The molecule has 0 spiro atoms. The Balaban J connectivity index is 1.73. The minimum atomic E-state index is -0.465. The maximum absolute atomic E-state index is 11.8. The van der Waals surface area contributed by atoms with Gasteiger partial charge in [0, 0.05) is 5.56 Å². The second-order valence-corrected chi connectivity index (χ2v) is 5.52. The van der Waals surface area contributed by atoms with Gasteiger partial charge in [-0.15, -0.1) is 0 Å². The zero-order valence-electron chi connectivity index (χ0n) is 13.4. The standard InChI is InChI=1S/C17H17N3O4S/c1-11-3-2-4-14(9-11)24-10-15(22)18-17(25)20-19-16(23)12-5-7-13(21)8-6-12/h2-9,21H,10H2,1H3,(H,19,23)(H2,18,20,22,25). The molecule has 0 heterocycles. The summed E-state index contributed by atoms with van der Waals surface area (Å²) >= 11 is 4.92. The van der Waals surface area contributed by atoms with E-state index in [4.69, 9.17) is 17.0 Å². The molecule has 4 N–H and O–H groups in total. The van der Waals surface area contributed by atoms with E-state index in [1.54, 1.807) is 6.07 Å². The molecule has 2 rings (SSSR count). The molecule has 0 fully saturated rings. The molecule has 0 aliphatic heterocycles. The number of amides is 2. The first kappa shape index (κ1) is 18.2. The van der Waals surface area contributed by atoms with E-state index in [2.05, 4.69) is 16.2 Å². The lowest BCUT2D eigenvalue weighted by atomic mass is 10.2. The van der Waals surface area contributed by atoms with Gasteiger partial charge in [-0.1, -0.05) is 12.1 Å². The van der Waals surface area contributed by atoms with E-state index >= 15 is 0 Å². The third-order valence-electron chi connectivity index (χ3n) is 3.03. The summed E-state index contributed by atoms with van der Waals surface area (Å²) in [6, 6.07) is 13.0. The molecule has 0 aliphatic carbocycles. The second-order valence-electron chi connectivity index (χ2n) is 5.11. The molecule has 0 unspecified atom stereocenters. The molecular formula is C17H17N3O4S. The van der Waals surface area contributed by atoms with Crippen molar-refractivity contribution in [3.05, 3.63) is 59.7 Å². The maximum atomic E-state index is 11.8. The van der Waals surface area contributed by atoms with E-state index in [0.717, 1.165) is 5.56 Å². The Labute approximate surface area is 150 Å². The number of rotatable bonds is 4. The van der Waals surface area contributed by atoms with E-state index in [1.807, 2.05) is 25.1 Å². The molecule has 0 aromatic heterocycles. The summed E-state index contributed by atoms with van der Waals surface area (Å²) in [5, 5.41) is 11.5. The Morgan fingerprint density at radius 1 is 1.12 bits per heavy atom. The number of carbonyl (C=O) groups excluding carboxylic acids is 2. The third kappa shape index (κ3) is 6.11. The van der Waals surface area contributed by atoms with Gasteiger partial charge in [0.05, 0.1) is 0 Å². The van der Waals surface area contributed by atoms with Gasteiger partial charge in [-0.3, -0.25) is 25.8 Å². The Morgan fingerprint density at radius 2 is 1.84 bits per heavy atom. The predicted octanol–water partition coefficient (Wildman–Crippen LogP) is 1.42. The van der Waals surface area contributed by atoms with Gasteiger partial charge in [-0.05, 0) is 61.1 Å². The number of hydrogen-bond acceptors (Lipinski definition) is 5. The Kier molecular flexibility index (Phi) is 6.30. The average Bonchev–Trinajstić information content (AvgIpc) is 2.58. The summed E-state index contributed by atoms with van der Waals surface area (Å²) < 4.78 is 5.35. The van der Waals surface area contributed by atoms with Crippen molar-refractivity contribution in [2.24, 2.45) is 0 Å². The van der Waals surface area contributed by atoms with Gasteiger partial charge in [0.25, 0.3) is 11.8 Å². The van der Waals surface area contributed by atoms with Gasteiger partial charge >= 0.3 is 0 Å². The topological polar surface area (TPSA) is 99.7 Å². The molecule has 7 nitrogen and oxygen atoms in total. The van der Waals surface area contributed by atoms with Gasteiger partial charge < -0.3 is 9.84 Å². The van der Waals surface area contributed by atoms with Crippen LogP contribution in [0.4, 0.5) is 0 Å². The van der Waals surface area contributed by atoms with Crippen molar-refractivity contribution in [3.8, 4) is 11.5 Å². The first-order valence-electron chi connectivity index (χ1n) is 7.33. The maximum Gasteiger partial charge on any atom is 0.269 e. The fourth-order valence-corrected chi connectivity index (χ4v) is 2.01. The SMILES string of the molecule is Cc1cccc(OCC(=O)NC(=S)NNC(=O)c2ccc(O)cc2)c1. The van der Waals surface area contributed by atoms with Crippen LogP contribution in [0, 0.1) is 6.92 Å². The van der Waals surface area contributed by atoms with Crippen molar-refractivity contribution in [2.45, 2.75) is 6.92 Å². The van der Waals surface area contributed by atoms with Crippen LogP contribution in [0.25, 0.3) is 0 Å². The van der Waals surface area contributed by atoms with Crippen LogP contribution in [0.3, 0.4) is 0 Å². The van der Waals surface area contributed by atoms with Crippen LogP contribution in [0.2, 0.25) is 0 Å². The Hall–Kier alpha value is -3.13. The number of carbonyl (C=O) groups is 2. The molecule has 0 saturated carbocycles. The molecule has 2 aromatic rings. The van der Waals surface area contributed by atoms with Crippen molar-refractivity contribution in [1.82, 2.24) is 16.2 Å². The summed E-state index contributed by atoms with van der Waals surface area (Å²) in [4.78, 5) is 23.6. The molecule has 2 aromatic carbocycles. The largest absolute Gasteiger partial charge is 0.508 e. The molecular weight excluding hydrogens is 342 g/mol. The summed E-state index contributed by atoms with van der Waals surface area (Å²) in [5.74, 6) is -0.291. The molecule has 25 heavy (non-hydrogen) atoms. The highest BCUT2D eigenvalue weighted by molar-refractivity contribution is 7.80. The van der Waals surface area contributed by atoms with Crippen LogP contribution >= 0.6 is 12.2 Å². The Morgan fingerprint density at radius 3 is 2.52 bits per heavy atom. The van der Waals surface area contributed by atoms with Gasteiger partial charge in [0.2, 0.25) is 0 Å². The molecule has 0 aliphatic rings. The number of nitrogens with one attached hydrogen (secondary N) is 3. The lowest BCUT2D eigenvalue weighted by Gasteiger charge is -2.11. The van der Waals surface area contributed by atoms with Crippen molar-refractivity contribution in [3.63, 3.8) is 0 Å². The number of phenolic OH excluding ortho intramolecular Hbond substituents is 1. The molecule has 0 radical (unpaired) electrons. The zero-order valence-corrected chi connectivity index (χ0v) is 14.2. The highest BCUT2D eigenvalue weighted by atomic mass is 32.1. The number of thiocarbonyl (C=S) groups is 1. The minimum absolute atomic E-state index is 0.0564. The van der Waals surface area contributed by atoms with Crippen molar-refractivity contribution in [2.75, 3.05) is 6.61 Å². The molecule has 130 valence electrons. The van der Waals surface area contributed by atoms with E-state index < -0.39 is 11.8 Å². The van der Waals surface area contributed by atoms with E-state index in [0.29, 0.717) is 11.3 Å². The summed E-state index contributed by atoms with van der Waals surface area (Å²) in [7, 11) is 0. The van der Waals surface area contributed by atoms with Crippen LogP contribution in [0.1, 0.15) is 15.9 Å². The molecule has 0 saturated heterocycles. The third-order valence-corrected chi connectivity index (χ3v) is 3.24. The fourth-order valence-electron chi connectivity index (χ4n) is 1.85. The molecule has 8 heteroatoms. The van der Waals surface area contributed by atoms with Crippen LogP contribution in [0.15, 0.2) is 48.5 Å². The highest BCUT2D eigenvalue weighted by Crippen LogP contribution is 2.12. The summed E-state index contributed by atoms with van der Waals surface area (Å²) in [5.41, 5.74) is 6.10. The van der Waals surface area contributed by atoms with Crippen LogP contribution in [0.5, 0.6) is 11.5 Å². The van der Waals surface area contributed by atoms with Crippen LogP contribution in [-0.2, 0) is 4.79 Å². The van der Waals surface area contributed by atoms with Gasteiger partial charge in [0.15, 0.2) is 11.7 Å². The number of hydrogen-bond donors (Lipinski definition) is 4. The minimum Gasteiger partial charge on any atom is -0.508 e. The lowest BCUT2D eigenvalue weighted by Crippen LogP contribution is -2.49. The number of phenols is 1. The number of aromatic hydroxyl groups is 1. The smallest absolute Gasteiger partial charge is 0.269 e. The van der Waals surface area contributed by atoms with Crippen molar-refractivity contribution in [1.29, 1.82) is 0 Å². The van der Waals surface area contributed by atoms with Gasteiger partial charge in [-0.25, -0.2) is 0 Å². The molecule has 0 bridgehead atoms. The number of benzene rings is 2. The molecule has 0 atom stereocenters. The number of hydrazine groups is 1. The van der Waals surface area contributed by atoms with Crippen LogP contribution < -0.4 is 20.9 Å². The fraction of sp³-hybridized carbons (Fsp3) is 0.118. The van der Waals surface area contributed by atoms with E-state index in [9.17, 15) is 14.7 Å². The molecule has 2 amide bonds. The van der Waals surface area contributed by atoms with Gasteiger partial charge in [0.1, 0.15) is 11.5 Å². The predicted molar refractivity (Wildman–Crippen MR) is 96.1 cm³/mol. The second kappa shape index (κ2) is 8.65. The highest BCUT2D eigenvalue weighted by Gasteiger charge is 2.08. The zero-order chi connectivity index (χ0) is 18.2. The first-order valence-corrected chi connectivity index (χ1v) is 7.73. The van der Waals surface area contributed by atoms with Crippen LogP contribution in [-0.4, -0.2) is 28.6 Å². The normalized spacial score (nSPS) is 9.80. The van der Waals surface area contributed by atoms with E-state index in [1.165, 1.54) is 24.3 Å². The summed E-state index contributed by atoms with van der Waals surface area (Å²) in [6.07, 6.45) is 0. The monoisotopic (exact) mass is 359 g/mol. The van der Waals surface area contributed by atoms with Crippen molar-refractivity contribution < 1.29 is 19.4 Å².